The van der Waals surface area contributed by atoms with Crippen molar-refractivity contribution in [2.75, 3.05) is 10.8 Å². The number of nitrogens with one attached hydrogen (secondary N) is 1. The van der Waals surface area contributed by atoms with E-state index in [0.29, 0.717) is 0 Å². The molecule has 7 heteroatoms. The van der Waals surface area contributed by atoms with Crippen LogP contribution in [-0.4, -0.2) is 20.9 Å². The van der Waals surface area contributed by atoms with Gasteiger partial charge in [-0.25, -0.2) is 8.42 Å². The minimum absolute atomic E-state index is 0.0325. The molecule has 0 aliphatic carbocycles. The summed E-state index contributed by atoms with van der Waals surface area (Å²) in [4.78, 5) is 13.1. The van der Waals surface area contributed by atoms with Gasteiger partial charge in [0.1, 0.15) is 6.54 Å². The normalized spacial score (nSPS) is 12.8. The van der Waals surface area contributed by atoms with E-state index in [1.165, 1.54) is 17.7 Å². The lowest BCUT2D eigenvalue weighted by Gasteiger charge is -2.26. The SMILES string of the molecule is Cc1ccc(S(=O)(=O)N(CC(=O)N[C@H](C)c2ccc(C(C)(C)C)cc2)c2ccccc2Cl)cc1. The fraction of sp³-hybridized carbons (Fsp3) is 0.296. The molecule has 0 fully saturated rings. The van der Waals surface area contributed by atoms with E-state index in [2.05, 4.69) is 38.2 Å². The van der Waals surface area contributed by atoms with Crippen molar-refractivity contribution in [3.05, 3.63) is 94.5 Å². The second kappa shape index (κ2) is 10.2. The zero-order valence-corrected chi connectivity index (χ0v) is 21.7. The van der Waals surface area contributed by atoms with Crippen molar-refractivity contribution in [1.29, 1.82) is 0 Å². The summed E-state index contributed by atoms with van der Waals surface area (Å²) in [6.07, 6.45) is 0. The zero-order chi connectivity index (χ0) is 25.1. The number of para-hydroxylation sites is 1. The topological polar surface area (TPSA) is 66.5 Å². The number of hydrogen-bond acceptors (Lipinski definition) is 3. The second-order valence-electron chi connectivity index (χ2n) is 9.44. The van der Waals surface area contributed by atoms with E-state index in [0.717, 1.165) is 15.4 Å². The lowest BCUT2D eigenvalue weighted by molar-refractivity contribution is -0.120. The highest BCUT2D eigenvalue weighted by molar-refractivity contribution is 7.92. The summed E-state index contributed by atoms with van der Waals surface area (Å²) in [5.41, 5.74) is 3.36. The molecule has 0 bridgehead atoms. The molecule has 3 rings (SSSR count). The number of amides is 1. The Bertz CT molecular complexity index is 1250. The van der Waals surface area contributed by atoms with Crippen molar-refractivity contribution in [3.8, 4) is 0 Å². The average Bonchev–Trinajstić information content (AvgIpc) is 2.78. The molecule has 0 aliphatic heterocycles. The summed E-state index contributed by atoms with van der Waals surface area (Å²) < 4.78 is 28.1. The van der Waals surface area contributed by atoms with Crippen LogP contribution in [0.4, 0.5) is 5.69 Å². The summed E-state index contributed by atoms with van der Waals surface area (Å²) in [5.74, 6) is -0.428. The summed E-state index contributed by atoms with van der Waals surface area (Å²) in [6.45, 7) is 9.79. The van der Waals surface area contributed by atoms with E-state index in [9.17, 15) is 13.2 Å². The minimum atomic E-state index is -4.02. The molecule has 34 heavy (non-hydrogen) atoms. The summed E-state index contributed by atoms with van der Waals surface area (Å²) in [7, 11) is -4.02. The Balaban J connectivity index is 1.86. The van der Waals surface area contributed by atoms with Gasteiger partial charge in [-0.15, -0.1) is 0 Å². The van der Waals surface area contributed by atoms with E-state index < -0.39 is 22.5 Å². The molecule has 0 unspecified atom stereocenters. The average molecular weight is 499 g/mol. The smallest absolute Gasteiger partial charge is 0.264 e. The van der Waals surface area contributed by atoms with Crippen LogP contribution in [0.2, 0.25) is 5.02 Å². The van der Waals surface area contributed by atoms with Crippen molar-refractivity contribution >= 4 is 33.2 Å². The zero-order valence-electron chi connectivity index (χ0n) is 20.2. The number of benzene rings is 3. The van der Waals surface area contributed by atoms with Crippen molar-refractivity contribution in [3.63, 3.8) is 0 Å². The van der Waals surface area contributed by atoms with Crippen LogP contribution in [0.15, 0.2) is 77.7 Å². The molecule has 0 aliphatic rings. The van der Waals surface area contributed by atoms with Crippen LogP contribution < -0.4 is 9.62 Å². The number of nitrogens with zero attached hydrogens (tertiary/aromatic N) is 1. The quantitative estimate of drug-likeness (QED) is 0.433. The molecule has 3 aromatic rings. The van der Waals surface area contributed by atoms with Gasteiger partial charge in [-0.3, -0.25) is 9.10 Å². The van der Waals surface area contributed by atoms with Gasteiger partial charge in [0, 0.05) is 0 Å². The Labute approximate surface area is 207 Å². The van der Waals surface area contributed by atoms with Gasteiger partial charge < -0.3 is 5.32 Å². The van der Waals surface area contributed by atoms with Gasteiger partial charge in [-0.05, 0) is 54.7 Å². The Morgan fingerprint density at radius 3 is 2.12 bits per heavy atom. The van der Waals surface area contributed by atoms with Crippen LogP contribution in [0.25, 0.3) is 0 Å². The van der Waals surface area contributed by atoms with Crippen LogP contribution in [0.3, 0.4) is 0 Å². The number of anilines is 1. The molecule has 1 atom stereocenters. The Morgan fingerprint density at radius 2 is 1.56 bits per heavy atom. The molecule has 0 spiro atoms. The fourth-order valence-corrected chi connectivity index (χ4v) is 5.29. The molecule has 180 valence electrons. The molecule has 0 radical (unpaired) electrons. The summed E-state index contributed by atoms with van der Waals surface area (Å²) in [5, 5.41) is 3.17. The van der Waals surface area contributed by atoms with Crippen LogP contribution >= 0.6 is 11.6 Å². The van der Waals surface area contributed by atoms with Gasteiger partial charge in [-0.1, -0.05) is 86.5 Å². The molecule has 3 aromatic carbocycles. The molecular weight excluding hydrogens is 468 g/mol. The van der Waals surface area contributed by atoms with Crippen LogP contribution in [-0.2, 0) is 20.2 Å². The number of aryl methyl sites for hydroxylation is 1. The van der Waals surface area contributed by atoms with E-state index in [4.69, 9.17) is 11.6 Å². The van der Waals surface area contributed by atoms with Crippen molar-refractivity contribution < 1.29 is 13.2 Å². The number of rotatable bonds is 7. The monoisotopic (exact) mass is 498 g/mol. The summed E-state index contributed by atoms with van der Waals surface area (Å²) in [6, 6.07) is 20.9. The lowest BCUT2D eigenvalue weighted by atomic mass is 9.86. The van der Waals surface area contributed by atoms with Crippen molar-refractivity contribution in [1.82, 2.24) is 5.32 Å². The Kier molecular flexibility index (Phi) is 7.74. The second-order valence-corrected chi connectivity index (χ2v) is 11.7. The number of carbonyl (C=O) groups is 1. The predicted molar refractivity (Wildman–Crippen MR) is 139 cm³/mol. The van der Waals surface area contributed by atoms with Gasteiger partial charge in [0.25, 0.3) is 10.0 Å². The maximum absolute atomic E-state index is 13.5. The third-order valence-electron chi connectivity index (χ3n) is 5.67. The van der Waals surface area contributed by atoms with Crippen LogP contribution in [0.5, 0.6) is 0 Å². The molecule has 0 saturated heterocycles. The minimum Gasteiger partial charge on any atom is -0.348 e. The highest BCUT2D eigenvalue weighted by Crippen LogP contribution is 2.30. The largest absolute Gasteiger partial charge is 0.348 e. The lowest BCUT2D eigenvalue weighted by Crippen LogP contribution is -2.41. The van der Waals surface area contributed by atoms with E-state index in [1.54, 1.807) is 36.4 Å². The third kappa shape index (κ3) is 5.99. The standard InChI is InChI=1S/C27H31ClN2O3S/c1-19-10-16-23(17-11-19)34(32,33)30(25-9-7-6-8-24(25)28)18-26(31)29-20(2)21-12-14-22(15-13-21)27(3,4)5/h6-17,20H,18H2,1-5H3,(H,29,31)/t20-/m1/s1. The molecule has 0 heterocycles. The highest BCUT2D eigenvalue weighted by Gasteiger charge is 2.29. The third-order valence-corrected chi connectivity index (χ3v) is 7.77. The first kappa shape index (κ1) is 25.8. The number of carbonyl (C=O) groups excluding carboxylic acids is 1. The van der Waals surface area contributed by atoms with Crippen molar-refractivity contribution in [2.24, 2.45) is 0 Å². The fourth-order valence-electron chi connectivity index (χ4n) is 3.56. The predicted octanol–water partition coefficient (Wildman–Crippen LogP) is 6.02. The maximum atomic E-state index is 13.5. The first-order valence-corrected chi connectivity index (χ1v) is 12.9. The highest BCUT2D eigenvalue weighted by atomic mass is 35.5. The molecule has 1 N–H and O–H groups in total. The van der Waals surface area contributed by atoms with E-state index in [-0.39, 0.29) is 27.1 Å². The molecule has 0 saturated carbocycles. The van der Waals surface area contributed by atoms with Crippen LogP contribution in [0, 0.1) is 6.92 Å². The number of hydrogen-bond donors (Lipinski definition) is 1. The van der Waals surface area contributed by atoms with Gasteiger partial charge in [0.05, 0.1) is 21.6 Å². The Morgan fingerprint density at radius 1 is 0.971 bits per heavy atom. The summed E-state index contributed by atoms with van der Waals surface area (Å²) >= 11 is 6.34. The number of sulfonamides is 1. The first-order valence-electron chi connectivity index (χ1n) is 11.1. The van der Waals surface area contributed by atoms with E-state index in [1.807, 2.05) is 26.0 Å². The van der Waals surface area contributed by atoms with Gasteiger partial charge in [0.15, 0.2) is 0 Å². The molecular formula is C27H31ClN2O3S. The molecule has 5 nitrogen and oxygen atoms in total. The maximum Gasteiger partial charge on any atom is 0.264 e. The van der Waals surface area contributed by atoms with Gasteiger partial charge in [-0.2, -0.15) is 0 Å². The molecule has 1 amide bonds. The van der Waals surface area contributed by atoms with Gasteiger partial charge >= 0.3 is 0 Å². The first-order chi connectivity index (χ1) is 15.9. The van der Waals surface area contributed by atoms with Gasteiger partial charge in [0.2, 0.25) is 5.91 Å². The van der Waals surface area contributed by atoms with E-state index >= 15 is 0 Å². The molecule has 0 aromatic heterocycles. The van der Waals surface area contributed by atoms with Crippen molar-refractivity contribution in [2.45, 2.75) is 51.0 Å². The number of halogens is 1. The Hall–Kier alpha value is -2.83. The van der Waals surface area contributed by atoms with Crippen LogP contribution in [0.1, 0.15) is 50.4 Å².